The summed E-state index contributed by atoms with van der Waals surface area (Å²) in [6.07, 6.45) is 0. The van der Waals surface area contributed by atoms with Crippen LogP contribution in [0.3, 0.4) is 0 Å². The number of hydrogen-bond donors (Lipinski definition) is 0. The third-order valence-electron chi connectivity index (χ3n) is 4.27. The zero-order valence-electron chi connectivity index (χ0n) is 15.3. The van der Waals surface area contributed by atoms with E-state index >= 15 is 0 Å². The van der Waals surface area contributed by atoms with Crippen molar-refractivity contribution in [3.8, 4) is 0 Å². The molecule has 0 fully saturated rings. The van der Waals surface area contributed by atoms with Crippen LogP contribution >= 0.6 is 0 Å². The third kappa shape index (κ3) is 3.95. The second-order valence-corrected chi connectivity index (χ2v) is 7.97. The van der Waals surface area contributed by atoms with Crippen LogP contribution in [0.4, 0.5) is 5.69 Å². The number of anilines is 1. The van der Waals surface area contributed by atoms with Crippen molar-refractivity contribution in [2.45, 2.75) is 18.7 Å². The van der Waals surface area contributed by atoms with Crippen LogP contribution in [0.2, 0.25) is 0 Å². The van der Waals surface area contributed by atoms with Gasteiger partial charge in [-0.15, -0.1) is 0 Å². The Bertz CT molecular complexity index is 1080. The molecular weight excluding hydrogens is 362 g/mol. The topological polar surface area (TPSA) is 63.7 Å². The Morgan fingerprint density at radius 1 is 0.963 bits per heavy atom. The molecule has 0 saturated heterocycles. The Morgan fingerprint density at radius 3 is 2.33 bits per heavy atom. The number of para-hydroxylation sites is 1. The van der Waals surface area contributed by atoms with Gasteiger partial charge in [-0.1, -0.05) is 48.5 Å². The molecule has 0 heterocycles. The molecule has 0 radical (unpaired) electrons. The Morgan fingerprint density at radius 2 is 1.63 bits per heavy atom. The number of nitrogens with zero attached hydrogens (tertiary/aromatic N) is 1. The number of fused-ring (bicyclic) bond motifs is 1. The van der Waals surface area contributed by atoms with Crippen LogP contribution in [0.1, 0.15) is 12.5 Å². The minimum Gasteiger partial charge on any atom is -0.465 e. The molecule has 0 amide bonds. The molecule has 0 bridgehead atoms. The highest BCUT2D eigenvalue weighted by atomic mass is 32.2. The number of sulfonamides is 1. The number of benzene rings is 3. The van der Waals surface area contributed by atoms with Crippen LogP contribution in [0, 0.1) is 6.92 Å². The van der Waals surface area contributed by atoms with Gasteiger partial charge in [-0.2, -0.15) is 0 Å². The largest absolute Gasteiger partial charge is 0.465 e. The summed E-state index contributed by atoms with van der Waals surface area (Å²) in [6, 6.07) is 19.6. The first kappa shape index (κ1) is 18.9. The number of hydrogen-bond acceptors (Lipinski definition) is 4. The van der Waals surface area contributed by atoms with Crippen LogP contribution in [0.5, 0.6) is 0 Å². The van der Waals surface area contributed by atoms with E-state index in [1.165, 1.54) is 0 Å². The highest BCUT2D eigenvalue weighted by molar-refractivity contribution is 7.92. The van der Waals surface area contributed by atoms with Gasteiger partial charge < -0.3 is 4.74 Å². The summed E-state index contributed by atoms with van der Waals surface area (Å²) in [4.78, 5) is 12.2. The van der Waals surface area contributed by atoms with Gasteiger partial charge in [-0.25, -0.2) is 8.42 Å². The molecule has 0 aromatic heterocycles. The molecule has 3 aromatic carbocycles. The second-order valence-electron chi connectivity index (χ2n) is 6.11. The predicted octanol–water partition coefficient (Wildman–Crippen LogP) is 3.91. The van der Waals surface area contributed by atoms with Gasteiger partial charge in [0.2, 0.25) is 0 Å². The fraction of sp³-hybridized carbons (Fsp3) is 0.190. The van der Waals surface area contributed by atoms with Crippen molar-refractivity contribution in [1.29, 1.82) is 0 Å². The van der Waals surface area contributed by atoms with Crippen molar-refractivity contribution < 1.29 is 17.9 Å². The molecular formula is C21H21NO4S. The summed E-state index contributed by atoms with van der Waals surface area (Å²) in [5, 5.41) is 1.77. The summed E-state index contributed by atoms with van der Waals surface area (Å²) in [6.45, 7) is 3.31. The predicted molar refractivity (Wildman–Crippen MR) is 106 cm³/mol. The normalized spacial score (nSPS) is 11.3. The van der Waals surface area contributed by atoms with Crippen LogP contribution in [-0.4, -0.2) is 27.5 Å². The van der Waals surface area contributed by atoms with E-state index in [9.17, 15) is 13.2 Å². The number of carbonyl (C=O) groups is 1. The molecule has 0 aliphatic heterocycles. The maximum Gasteiger partial charge on any atom is 0.326 e. The first-order chi connectivity index (χ1) is 12.9. The van der Waals surface area contributed by atoms with Gasteiger partial charge in [0.1, 0.15) is 6.54 Å². The lowest BCUT2D eigenvalue weighted by atomic mass is 10.1. The van der Waals surface area contributed by atoms with Crippen molar-refractivity contribution in [3.63, 3.8) is 0 Å². The molecule has 5 nitrogen and oxygen atoms in total. The molecule has 0 spiro atoms. The molecule has 3 aromatic rings. The minimum absolute atomic E-state index is 0.133. The van der Waals surface area contributed by atoms with E-state index in [1.807, 2.05) is 43.3 Å². The monoisotopic (exact) mass is 383 g/mol. The van der Waals surface area contributed by atoms with E-state index in [0.717, 1.165) is 20.6 Å². The lowest BCUT2D eigenvalue weighted by Gasteiger charge is -2.25. The van der Waals surface area contributed by atoms with E-state index in [0.29, 0.717) is 5.69 Å². The fourth-order valence-electron chi connectivity index (χ4n) is 2.92. The number of esters is 1. The average Bonchev–Trinajstić information content (AvgIpc) is 2.66. The highest BCUT2D eigenvalue weighted by Gasteiger charge is 2.28. The van der Waals surface area contributed by atoms with Gasteiger partial charge in [-0.05, 0) is 48.4 Å². The zero-order chi connectivity index (χ0) is 19.4. The maximum absolute atomic E-state index is 13.4. The van der Waals surface area contributed by atoms with Gasteiger partial charge in [0.15, 0.2) is 0 Å². The van der Waals surface area contributed by atoms with Crippen LogP contribution in [0.15, 0.2) is 71.6 Å². The molecule has 27 heavy (non-hydrogen) atoms. The third-order valence-corrected chi connectivity index (χ3v) is 6.03. The summed E-state index contributed by atoms with van der Waals surface area (Å²) in [5.41, 5.74) is 1.21. The number of carbonyl (C=O) groups excluding carboxylic acids is 1. The molecule has 0 aliphatic carbocycles. The molecule has 0 N–H and O–H groups in total. The van der Waals surface area contributed by atoms with Gasteiger partial charge in [0.25, 0.3) is 10.0 Å². The fourth-order valence-corrected chi connectivity index (χ4v) is 4.43. The van der Waals surface area contributed by atoms with Gasteiger partial charge in [-0.3, -0.25) is 9.10 Å². The molecule has 3 rings (SSSR count). The smallest absolute Gasteiger partial charge is 0.326 e. The first-order valence-corrected chi connectivity index (χ1v) is 10.1. The zero-order valence-corrected chi connectivity index (χ0v) is 16.1. The standard InChI is InChI=1S/C21H21NO4S/c1-3-26-21(23)15-22(20-11-7-4-8-16(20)2)27(24,25)19-13-12-17-9-5-6-10-18(17)14-19/h4-14H,3,15H2,1-2H3. The summed E-state index contributed by atoms with van der Waals surface area (Å²) in [5.74, 6) is -0.592. The Kier molecular flexibility index (Phi) is 5.46. The van der Waals surface area contributed by atoms with Crippen molar-refractivity contribution in [2.75, 3.05) is 17.5 Å². The Balaban J connectivity index is 2.10. The van der Waals surface area contributed by atoms with Crippen molar-refractivity contribution >= 4 is 32.5 Å². The molecule has 140 valence electrons. The van der Waals surface area contributed by atoms with Crippen LogP contribution < -0.4 is 4.31 Å². The Labute approximate surface area is 159 Å². The van der Waals surface area contributed by atoms with Crippen molar-refractivity contribution in [2.24, 2.45) is 0 Å². The Hall–Kier alpha value is -2.86. The van der Waals surface area contributed by atoms with Gasteiger partial charge >= 0.3 is 5.97 Å². The van der Waals surface area contributed by atoms with E-state index in [-0.39, 0.29) is 18.0 Å². The minimum atomic E-state index is -3.95. The van der Waals surface area contributed by atoms with E-state index in [1.54, 1.807) is 37.3 Å². The number of rotatable bonds is 6. The van der Waals surface area contributed by atoms with Crippen molar-refractivity contribution in [1.82, 2.24) is 0 Å². The van der Waals surface area contributed by atoms with Crippen LogP contribution in [0.25, 0.3) is 10.8 Å². The molecule has 0 saturated carbocycles. The van der Waals surface area contributed by atoms with Gasteiger partial charge in [0.05, 0.1) is 17.2 Å². The first-order valence-electron chi connectivity index (χ1n) is 8.66. The maximum atomic E-state index is 13.4. The van der Waals surface area contributed by atoms with Gasteiger partial charge in [0, 0.05) is 0 Å². The van der Waals surface area contributed by atoms with Crippen molar-refractivity contribution in [3.05, 3.63) is 72.3 Å². The highest BCUT2D eigenvalue weighted by Crippen LogP contribution is 2.28. The van der Waals surface area contributed by atoms with E-state index in [4.69, 9.17) is 4.74 Å². The van der Waals surface area contributed by atoms with Crippen LogP contribution in [-0.2, 0) is 19.6 Å². The molecule has 0 aliphatic rings. The lowest BCUT2D eigenvalue weighted by Crippen LogP contribution is -2.37. The SMILES string of the molecule is CCOC(=O)CN(c1ccccc1C)S(=O)(=O)c1ccc2ccccc2c1. The summed E-state index contributed by atoms with van der Waals surface area (Å²) < 4.78 is 32.9. The average molecular weight is 383 g/mol. The molecule has 0 unspecified atom stereocenters. The summed E-state index contributed by atoms with van der Waals surface area (Å²) >= 11 is 0. The summed E-state index contributed by atoms with van der Waals surface area (Å²) in [7, 11) is -3.95. The van der Waals surface area contributed by atoms with E-state index in [2.05, 4.69) is 0 Å². The number of aryl methyl sites for hydroxylation is 1. The molecule has 6 heteroatoms. The quantitative estimate of drug-likeness (QED) is 0.606. The molecule has 0 atom stereocenters. The second kappa shape index (κ2) is 7.80. The lowest BCUT2D eigenvalue weighted by molar-refractivity contribution is -0.141. The van der Waals surface area contributed by atoms with E-state index < -0.39 is 16.0 Å². The number of ether oxygens (including phenoxy) is 1.